The van der Waals surface area contributed by atoms with Crippen LogP contribution < -0.4 is 5.32 Å². The van der Waals surface area contributed by atoms with Gasteiger partial charge in [0.2, 0.25) is 0 Å². The minimum Gasteiger partial charge on any atom is -0.310 e. The summed E-state index contributed by atoms with van der Waals surface area (Å²) in [5.74, 6) is 0.778. The number of rotatable bonds is 3. The van der Waals surface area contributed by atoms with Crippen LogP contribution in [0.5, 0.6) is 0 Å². The largest absolute Gasteiger partial charge is 0.416 e. The third-order valence-corrected chi connectivity index (χ3v) is 3.25. The van der Waals surface area contributed by atoms with Gasteiger partial charge in [-0.15, -0.1) is 0 Å². The highest BCUT2D eigenvalue weighted by atomic mass is 19.4. The van der Waals surface area contributed by atoms with Crippen molar-refractivity contribution in [3.05, 3.63) is 35.4 Å². The van der Waals surface area contributed by atoms with Gasteiger partial charge in [0.1, 0.15) is 0 Å². The molecule has 1 aliphatic rings. The van der Waals surface area contributed by atoms with Gasteiger partial charge in [-0.05, 0) is 36.5 Å². The van der Waals surface area contributed by atoms with E-state index < -0.39 is 11.7 Å². The maximum atomic E-state index is 12.3. The molecule has 1 aromatic rings. The zero-order valence-corrected chi connectivity index (χ0v) is 9.72. The van der Waals surface area contributed by atoms with Gasteiger partial charge in [0.15, 0.2) is 0 Å². The van der Waals surface area contributed by atoms with Gasteiger partial charge in [-0.3, -0.25) is 0 Å². The van der Waals surface area contributed by atoms with E-state index in [-0.39, 0.29) is 0 Å². The Morgan fingerprint density at radius 1 is 1.18 bits per heavy atom. The first kappa shape index (κ1) is 12.4. The lowest BCUT2D eigenvalue weighted by atomic mass is 9.82. The molecule has 0 bridgehead atoms. The molecule has 94 valence electrons. The summed E-state index contributed by atoms with van der Waals surface area (Å²) < 4.78 is 37.0. The Balaban J connectivity index is 1.86. The fraction of sp³-hybridized carbons (Fsp3) is 0.538. The van der Waals surface area contributed by atoms with E-state index >= 15 is 0 Å². The summed E-state index contributed by atoms with van der Waals surface area (Å²) in [6.07, 6.45) is -1.91. The van der Waals surface area contributed by atoms with Gasteiger partial charge in [0.25, 0.3) is 0 Å². The lowest BCUT2D eigenvalue weighted by Gasteiger charge is -2.33. The summed E-state index contributed by atoms with van der Waals surface area (Å²) in [7, 11) is 0. The number of alkyl halides is 3. The maximum absolute atomic E-state index is 12.3. The number of halogens is 3. The van der Waals surface area contributed by atoms with Crippen LogP contribution in [0.3, 0.4) is 0 Å². The van der Waals surface area contributed by atoms with Crippen molar-refractivity contribution in [3.8, 4) is 0 Å². The zero-order valence-electron chi connectivity index (χ0n) is 9.72. The van der Waals surface area contributed by atoms with E-state index in [1.54, 1.807) is 0 Å². The summed E-state index contributed by atoms with van der Waals surface area (Å²) in [6, 6.07) is 5.89. The van der Waals surface area contributed by atoms with E-state index in [1.165, 1.54) is 25.0 Å². The average molecular weight is 243 g/mol. The van der Waals surface area contributed by atoms with Crippen LogP contribution in [0, 0.1) is 5.92 Å². The highest BCUT2D eigenvalue weighted by molar-refractivity contribution is 5.24. The molecular formula is C13H16F3N. The molecule has 1 nitrogen and oxygen atoms in total. The van der Waals surface area contributed by atoms with Gasteiger partial charge in [-0.25, -0.2) is 0 Å². The van der Waals surface area contributed by atoms with Crippen molar-refractivity contribution in [3.63, 3.8) is 0 Å². The Morgan fingerprint density at radius 2 is 1.76 bits per heavy atom. The molecule has 1 fully saturated rings. The normalized spacial score (nSPS) is 24.5. The standard InChI is InChI=1S/C13H16F3N/c1-9-6-12(7-9)17-8-10-2-4-11(5-3-10)13(14,15)16/h2-5,9,12,17H,6-8H2,1H3. The molecule has 0 amide bonds. The molecule has 0 aromatic heterocycles. The number of nitrogens with one attached hydrogen (secondary N) is 1. The van der Waals surface area contributed by atoms with Crippen LogP contribution in [0.15, 0.2) is 24.3 Å². The van der Waals surface area contributed by atoms with E-state index in [2.05, 4.69) is 12.2 Å². The van der Waals surface area contributed by atoms with E-state index in [0.717, 1.165) is 23.6 Å². The molecule has 1 aromatic carbocycles. The Labute approximate surface area is 99.0 Å². The van der Waals surface area contributed by atoms with Crippen molar-refractivity contribution in [2.75, 3.05) is 0 Å². The number of hydrogen-bond donors (Lipinski definition) is 1. The van der Waals surface area contributed by atoms with Crippen molar-refractivity contribution in [2.24, 2.45) is 5.92 Å². The Kier molecular flexibility index (Phi) is 3.43. The monoisotopic (exact) mass is 243 g/mol. The minimum absolute atomic E-state index is 0.535. The topological polar surface area (TPSA) is 12.0 Å². The van der Waals surface area contributed by atoms with Gasteiger partial charge in [0.05, 0.1) is 5.56 Å². The summed E-state index contributed by atoms with van der Waals surface area (Å²) >= 11 is 0. The van der Waals surface area contributed by atoms with Crippen LogP contribution in [0.2, 0.25) is 0 Å². The third kappa shape index (κ3) is 3.22. The minimum atomic E-state index is -4.24. The lowest BCUT2D eigenvalue weighted by molar-refractivity contribution is -0.137. The van der Waals surface area contributed by atoms with E-state index in [9.17, 15) is 13.2 Å². The highest BCUT2D eigenvalue weighted by Crippen LogP contribution is 2.29. The molecule has 1 saturated carbocycles. The molecule has 0 saturated heterocycles. The SMILES string of the molecule is CC1CC(NCc2ccc(C(F)(F)F)cc2)C1. The van der Waals surface area contributed by atoms with Crippen molar-refractivity contribution < 1.29 is 13.2 Å². The first-order valence-electron chi connectivity index (χ1n) is 5.84. The van der Waals surface area contributed by atoms with Crippen LogP contribution in [0.1, 0.15) is 30.9 Å². The van der Waals surface area contributed by atoms with Gasteiger partial charge in [-0.1, -0.05) is 19.1 Å². The van der Waals surface area contributed by atoms with Crippen LogP contribution in [-0.2, 0) is 12.7 Å². The molecule has 1 N–H and O–H groups in total. The molecule has 0 atom stereocenters. The second-order valence-electron chi connectivity index (χ2n) is 4.85. The smallest absolute Gasteiger partial charge is 0.310 e. The Morgan fingerprint density at radius 3 is 2.24 bits per heavy atom. The average Bonchev–Trinajstić information content (AvgIpc) is 2.22. The number of benzene rings is 1. The molecule has 0 aliphatic heterocycles. The van der Waals surface area contributed by atoms with E-state index in [4.69, 9.17) is 0 Å². The van der Waals surface area contributed by atoms with Crippen molar-refractivity contribution in [1.29, 1.82) is 0 Å². The molecule has 0 heterocycles. The lowest BCUT2D eigenvalue weighted by Crippen LogP contribution is -2.39. The van der Waals surface area contributed by atoms with Crippen LogP contribution in [-0.4, -0.2) is 6.04 Å². The molecule has 0 radical (unpaired) electrons. The van der Waals surface area contributed by atoms with Gasteiger partial charge < -0.3 is 5.32 Å². The van der Waals surface area contributed by atoms with Crippen molar-refractivity contribution in [2.45, 2.75) is 38.5 Å². The van der Waals surface area contributed by atoms with Gasteiger partial charge >= 0.3 is 6.18 Å². The fourth-order valence-corrected chi connectivity index (χ4v) is 2.14. The summed E-state index contributed by atoms with van der Waals surface area (Å²) in [5.41, 5.74) is 0.316. The predicted octanol–water partition coefficient (Wildman–Crippen LogP) is 3.59. The van der Waals surface area contributed by atoms with E-state index in [0.29, 0.717) is 12.6 Å². The van der Waals surface area contributed by atoms with Crippen molar-refractivity contribution >= 4 is 0 Å². The summed E-state index contributed by atoms with van der Waals surface area (Å²) in [4.78, 5) is 0. The summed E-state index contributed by atoms with van der Waals surface area (Å²) in [6.45, 7) is 2.85. The third-order valence-electron chi connectivity index (χ3n) is 3.25. The highest BCUT2D eigenvalue weighted by Gasteiger charge is 2.30. The molecule has 4 heteroatoms. The van der Waals surface area contributed by atoms with Crippen LogP contribution >= 0.6 is 0 Å². The second kappa shape index (κ2) is 4.69. The molecular weight excluding hydrogens is 227 g/mol. The summed E-state index contributed by atoms with van der Waals surface area (Å²) in [5, 5.41) is 3.34. The van der Waals surface area contributed by atoms with Gasteiger partial charge in [0, 0.05) is 12.6 Å². The Bertz CT molecular complexity index is 363. The zero-order chi connectivity index (χ0) is 12.5. The number of hydrogen-bond acceptors (Lipinski definition) is 1. The molecule has 17 heavy (non-hydrogen) atoms. The first-order chi connectivity index (χ1) is 7.95. The first-order valence-corrected chi connectivity index (χ1v) is 5.84. The predicted molar refractivity (Wildman–Crippen MR) is 60.5 cm³/mol. The maximum Gasteiger partial charge on any atom is 0.416 e. The second-order valence-corrected chi connectivity index (χ2v) is 4.85. The molecule has 0 spiro atoms. The molecule has 2 rings (SSSR count). The van der Waals surface area contributed by atoms with Crippen molar-refractivity contribution in [1.82, 2.24) is 5.32 Å². The van der Waals surface area contributed by atoms with Gasteiger partial charge in [-0.2, -0.15) is 13.2 Å². The van der Waals surface area contributed by atoms with E-state index in [1.807, 2.05) is 0 Å². The molecule has 1 aliphatic carbocycles. The molecule has 0 unspecified atom stereocenters. The van der Waals surface area contributed by atoms with Crippen LogP contribution in [0.4, 0.5) is 13.2 Å². The van der Waals surface area contributed by atoms with Crippen LogP contribution in [0.25, 0.3) is 0 Å². The quantitative estimate of drug-likeness (QED) is 0.855. The Hall–Kier alpha value is -1.03. The fourth-order valence-electron chi connectivity index (χ4n) is 2.14.